The molecule has 1 aliphatic rings. The normalized spacial score (nSPS) is 15.4. The van der Waals surface area contributed by atoms with Gasteiger partial charge in [-0.2, -0.15) is 17.9 Å². The Labute approximate surface area is 251 Å². The summed E-state index contributed by atoms with van der Waals surface area (Å²) in [6, 6.07) is 8.04. The zero-order valence-electron chi connectivity index (χ0n) is 22.5. The van der Waals surface area contributed by atoms with Gasteiger partial charge >= 0.3 is 6.18 Å². The molecular weight excluding hydrogens is 620 g/mol. The van der Waals surface area contributed by atoms with Crippen molar-refractivity contribution >= 4 is 51.0 Å². The van der Waals surface area contributed by atoms with Gasteiger partial charge in [0.05, 0.1) is 20.6 Å². The molecule has 1 heterocycles. The van der Waals surface area contributed by atoms with E-state index in [9.17, 15) is 26.4 Å². The Morgan fingerprint density at radius 1 is 1.17 bits per heavy atom. The Hall–Kier alpha value is -2.18. The van der Waals surface area contributed by atoms with Crippen molar-refractivity contribution in [3.8, 4) is 21.0 Å². The average molecular weight is 650 g/mol. The van der Waals surface area contributed by atoms with Gasteiger partial charge in [0.15, 0.2) is 0 Å². The predicted octanol–water partition coefficient (Wildman–Crippen LogP) is 7.85. The van der Waals surface area contributed by atoms with Crippen LogP contribution in [0.15, 0.2) is 41.3 Å². The van der Waals surface area contributed by atoms with E-state index in [2.05, 4.69) is 0 Å². The predicted molar refractivity (Wildman–Crippen MR) is 155 cm³/mol. The zero-order chi connectivity index (χ0) is 30.2. The molecule has 222 valence electrons. The number of hydrogen-bond donors (Lipinski definition) is 1. The van der Waals surface area contributed by atoms with Crippen molar-refractivity contribution in [3.05, 3.63) is 57.7 Å². The monoisotopic (exact) mass is 648 g/mol. The van der Waals surface area contributed by atoms with Crippen molar-refractivity contribution in [1.82, 2.24) is 9.71 Å². The highest BCUT2D eigenvalue weighted by Crippen LogP contribution is 2.45. The molecule has 0 saturated heterocycles. The van der Waals surface area contributed by atoms with Crippen molar-refractivity contribution < 1.29 is 31.1 Å². The van der Waals surface area contributed by atoms with Crippen LogP contribution in [-0.4, -0.2) is 37.7 Å². The van der Waals surface area contributed by atoms with Gasteiger partial charge < -0.3 is 4.74 Å². The van der Waals surface area contributed by atoms with Gasteiger partial charge in [-0.15, -0.1) is 11.3 Å². The number of nitrogens with one attached hydrogen (secondary N) is 1. The second-order valence-electron chi connectivity index (χ2n) is 10.8. The molecule has 1 aromatic heterocycles. The van der Waals surface area contributed by atoms with E-state index >= 15 is 0 Å². The molecule has 0 unspecified atom stereocenters. The summed E-state index contributed by atoms with van der Waals surface area (Å²) in [6.07, 6.45) is -0.298. The van der Waals surface area contributed by atoms with Gasteiger partial charge in [-0.05, 0) is 50.8 Å². The van der Waals surface area contributed by atoms with E-state index in [1.807, 2.05) is 38.1 Å². The van der Waals surface area contributed by atoms with Crippen molar-refractivity contribution in [3.63, 3.8) is 0 Å². The van der Waals surface area contributed by atoms with Crippen molar-refractivity contribution in [2.24, 2.45) is 5.92 Å². The molecule has 3 aromatic rings. The lowest BCUT2D eigenvalue weighted by Crippen LogP contribution is -2.43. The number of ether oxygens (including phenoxy) is 1. The van der Waals surface area contributed by atoms with E-state index in [0.29, 0.717) is 37.7 Å². The number of sulfonamides is 1. The van der Waals surface area contributed by atoms with Crippen LogP contribution in [0.4, 0.5) is 13.2 Å². The third-order valence-corrected chi connectivity index (χ3v) is 10.7. The summed E-state index contributed by atoms with van der Waals surface area (Å²) < 4.78 is 71.3. The molecule has 0 spiro atoms. The summed E-state index contributed by atoms with van der Waals surface area (Å²) in [5.41, 5.74) is 2.35. The van der Waals surface area contributed by atoms with Gasteiger partial charge in [0, 0.05) is 17.5 Å². The van der Waals surface area contributed by atoms with E-state index < -0.39 is 32.7 Å². The molecule has 41 heavy (non-hydrogen) atoms. The van der Waals surface area contributed by atoms with Gasteiger partial charge in [0.25, 0.3) is 6.47 Å². The Bertz CT molecular complexity index is 1540. The van der Waals surface area contributed by atoms with Gasteiger partial charge in [0.1, 0.15) is 21.5 Å². The minimum Gasteiger partial charge on any atom is -0.462 e. The van der Waals surface area contributed by atoms with Crippen molar-refractivity contribution in [2.45, 2.75) is 75.6 Å². The number of benzene rings is 2. The van der Waals surface area contributed by atoms with Crippen LogP contribution in [-0.2, 0) is 32.4 Å². The van der Waals surface area contributed by atoms with Crippen molar-refractivity contribution in [2.75, 3.05) is 0 Å². The second kappa shape index (κ2) is 12.2. The van der Waals surface area contributed by atoms with E-state index in [-0.39, 0.29) is 10.0 Å². The Kier molecular flexibility index (Phi) is 9.45. The number of nitrogens with zero attached hydrogens (tertiary/aromatic N) is 1. The molecule has 1 fully saturated rings. The van der Waals surface area contributed by atoms with E-state index in [1.54, 1.807) is 4.72 Å². The summed E-state index contributed by atoms with van der Waals surface area (Å²) in [5, 5.41) is 0.269. The highest BCUT2D eigenvalue weighted by molar-refractivity contribution is 7.89. The molecule has 4 rings (SSSR count). The van der Waals surface area contributed by atoms with Gasteiger partial charge in [-0.3, -0.25) is 4.79 Å². The summed E-state index contributed by atoms with van der Waals surface area (Å²) in [6.45, 7) is 4.78. The molecule has 0 aliphatic heterocycles. The SMILES string of the molecule is C[C@H](NS(=O)(=O)c1ccc(-c2sc(-c3cccc(CC(C)(C)OC=O)c3)nc2CC2CCC2)c(Cl)c1Cl)C(F)(F)F. The summed E-state index contributed by atoms with van der Waals surface area (Å²) in [4.78, 5) is 16.0. The average Bonchev–Trinajstić information content (AvgIpc) is 3.25. The van der Waals surface area contributed by atoms with E-state index in [4.69, 9.17) is 32.9 Å². The highest BCUT2D eigenvalue weighted by Gasteiger charge is 2.39. The largest absolute Gasteiger partial charge is 0.462 e. The fourth-order valence-electron chi connectivity index (χ4n) is 4.55. The van der Waals surface area contributed by atoms with Gasteiger partial charge in [-0.25, -0.2) is 13.4 Å². The highest BCUT2D eigenvalue weighted by atomic mass is 35.5. The molecule has 0 amide bonds. The number of thiazole rings is 1. The number of carbonyl (C=O) groups is 1. The molecule has 6 nitrogen and oxygen atoms in total. The first-order valence-corrected chi connectivity index (χ1v) is 15.9. The fraction of sp³-hybridized carbons (Fsp3) is 0.429. The summed E-state index contributed by atoms with van der Waals surface area (Å²) >= 11 is 14.3. The van der Waals surface area contributed by atoms with Crippen LogP contribution in [0.25, 0.3) is 21.0 Å². The first-order chi connectivity index (χ1) is 19.1. The molecule has 13 heteroatoms. The Morgan fingerprint density at radius 3 is 2.49 bits per heavy atom. The molecule has 1 atom stereocenters. The molecule has 0 radical (unpaired) electrons. The topological polar surface area (TPSA) is 85.4 Å². The molecule has 1 aliphatic carbocycles. The van der Waals surface area contributed by atoms with E-state index in [1.165, 1.54) is 17.4 Å². The molecule has 1 N–H and O–H groups in total. The van der Waals surface area contributed by atoms with Crippen LogP contribution in [0.2, 0.25) is 10.0 Å². The minimum atomic E-state index is -4.77. The second-order valence-corrected chi connectivity index (χ2v) is 14.2. The zero-order valence-corrected chi connectivity index (χ0v) is 25.7. The van der Waals surface area contributed by atoms with Crippen LogP contribution in [0.5, 0.6) is 0 Å². The van der Waals surface area contributed by atoms with Crippen LogP contribution >= 0.6 is 34.5 Å². The van der Waals surface area contributed by atoms with Gasteiger partial charge in [0.2, 0.25) is 10.0 Å². The first-order valence-electron chi connectivity index (χ1n) is 12.9. The number of halogens is 5. The lowest BCUT2D eigenvalue weighted by molar-refractivity contribution is -0.147. The van der Waals surface area contributed by atoms with Gasteiger partial charge in [-0.1, -0.05) is 66.7 Å². The van der Waals surface area contributed by atoms with Crippen LogP contribution in [0, 0.1) is 5.92 Å². The van der Waals surface area contributed by atoms with Crippen LogP contribution < -0.4 is 4.72 Å². The number of rotatable bonds is 11. The maximum absolute atomic E-state index is 13.0. The maximum atomic E-state index is 13.0. The molecular formula is C28H29Cl2F3N2O4S2. The lowest BCUT2D eigenvalue weighted by atomic mass is 9.82. The lowest BCUT2D eigenvalue weighted by Gasteiger charge is -2.24. The third kappa shape index (κ3) is 7.43. The van der Waals surface area contributed by atoms with E-state index in [0.717, 1.165) is 52.0 Å². The summed E-state index contributed by atoms with van der Waals surface area (Å²) in [5.74, 6) is 0.457. The Morgan fingerprint density at radius 2 is 1.88 bits per heavy atom. The third-order valence-electron chi connectivity index (χ3n) is 6.98. The fourth-order valence-corrected chi connectivity index (χ4v) is 7.82. The molecule has 2 aromatic carbocycles. The van der Waals surface area contributed by atoms with Crippen LogP contribution in [0.3, 0.4) is 0 Å². The summed E-state index contributed by atoms with van der Waals surface area (Å²) in [7, 11) is -4.61. The number of carbonyl (C=O) groups excluding carboxylic acids is 1. The smallest absolute Gasteiger partial charge is 0.404 e. The van der Waals surface area contributed by atoms with Crippen molar-refractivity contribution in [1.29, 1.82) is 0 Å². The Balaban J connectivity index is 1.73. The molecule has 1 saturated carbocycles. The maximum Gasteiger partial charge on any atom is 0.404 e. The standard InChI is InChI=1S/C28H29Cl2F3N2O4S2/c1-16(28(31,32)33)35-41(37,38)22-11-10-20(23(29)24(22)30)25-21(13-17-6-4-7-17)34-26(40-25)19-9-5-8-18(12-19)14-27(2,3)39-15-36/h5,8-12,15-17,35H,4,6-7,13-14H2,1-3H3/t16-/m0/s1. The first kappa shape index (κ1) is 31.7. The number of alkyl halides is 3. The number of hydrogen-bond acceptors (Lipinski definition) is 6. The number of aromatic nitrogens is 1. The minimum absolute atomic E-state index is 0.0826. The van der Waals surface area contributed by atoms with Crippen LogP contribution in [0.1, 0.15) is 51.3 Å². The quantitative estimate of drug-likeness (QED) is 0.214. The molecule has 0 bridgehead atoms.